The van der Waals surface area contributed by atoms with Gasteiger partial charge in [-0.1, -0.05) is 19.3 Å². The van der Waals surface area contributed by atoms with Crippen LogP contribution < -0.4 is 0 Å². The number of hydrogen-bond acceptors (Lipinski definition) is 2. The molecule has 1 amide bonds. The molecule has 0 spiro atoms. The second kappa shape index (κ2) is 6.44. The number of carbonyl (C=O) groups is 1. The minimum Gasteiger partial charge on any atom is -0.339 e. The zero-order chi connectivity index (χ0) is 13.9. The van der Waals surface area contributed by atoms with Gasteiger partial charge in [-0.05, 0) is 58.8 Å². The molecule has 20 heavy (non-hydrogen) atoms. The first-order valence-electron chi connectivity index (χ1n) is 7.45. The third kappa shape index (κ3) is 3.34. The molecule has 0 bridgehead atoms. The molecule has 2 nitrogen and oxygen atoms in total. The van der Waals surface area contributed by atoms with Gasteiger partial charge in [-0.15, -0.1) is 11.3 Å². The van der Waals surface area contributed by atoms with Gasteiger partial charge in [0.15, 0.2) is 0 Å². The standard InChI is InChI=1S/C16H20BrNOS/c17-15-7-5-14(20-15)6-8-16(19)18-10-9-12-3-1-2-4-13(12)11-18/h5-8,12-13H,1-4,9-11H2/b8-6+/t12-,13+/m0/s1. The summed E-state index contributed by atoms with van der Waals surface area (Å²) in [6.45, 7) is 1.92. The highest BCUT2D eigenvalue weighted by Crippen LogP contribution is 2.36. The Morgan fingerprint density at radius 3 is 2.80 bits per heavy atom. The molecule has 1 aliphatic carbocycles. The molecule has 1 aromatic rings. The largest absolute Gasteiger partial charge is 0.339 e. The van der Waals surface area contributed by atoms with Crippen LogP contribution in [0.4, 0.5) is 0 Å². The molecule has 2 heterocycles. The highest BCUT2D eigenvalue weighted by Gasteiger charge is 2.32. The Labute approximate surface area is 133 Å². The maximum Gasteiger partial charge on any atom is 0.246 e. The lowest BCUT2D eigenvalue weighted by Crippen LogP contribution is -2.44. The predicted octanol–water partition coefficient (Wildman–Crippen LogP) is 4.56. The molecule has 0 unspecified atom stereocenters. The first-order valence-corrected chi connectivity index (χ1v) is 9.05. The SMILES string of the molecule is O=C(/C=C/c1ccc(Br)s1)N1CC[C@@H]2CCCC[C@@H]2C1. The highest BCUT2D eigenvalue weighted by atomic mass is 79.9. The van der Waals surface area contributed by atoms with Crippen LogP contribution in [0.3, 0.4) is 0 Å². The summed E-state index contributed by atoms with van der Waals surface area (Å²) in [6, 6.07) is 4.05. The predicted molar refractivity (Wildman–Crippen MR) is 87.7 cm³/mol. The van der Waals surface area contributed by atoms with E-state index in [1.165, 1.54) is 32.1 Å². The van der Waals surface area contributed by atoms with Gasteiger partial charge in [-0.3, -0.25) is 4.79 Å². The number of carbonyl (C=O) groups excluding carboxylic acids is 1. The molecule has 0 aromatic carbocycles. The smallest absolute Gasteiger partial charge is 0.246 e. The molecule has 0 N–H and O–H groups in total. The molecule has 0 radical (unpaired) electrons. The number of piperidine rings is 1. The van der Waals surface area contributed by atoms with Crippen molar-refractivity contribution >= 4 is 39.2 Å². The van der Waals surface area contributed by atoms with E-state index in [0.717, 1.165) is 33.6 Å². The molecule has 1 saturated carbocycles. The summed E-state index contributed by atoms with van der Waals surface area (Å²) in [5.41, 5.74) is 0. The Kier molecular flexibility index (Phi) is 4.61. The number of amides is 1. The second-order valence-electron chi connectivity index (χ2n) is 5.85. The number of fused-ring (bicyclic) bond motifs is 1. The van der Waals surface area contributed by atoms with E-state index in [9.17, 15) is 4.79 Å². The van der Waals surface area contributed by atoms with Crippen LogP contribution in [0.15, 0.2) is 22.0 Å². The van der Waals surface area contributed by atoms with Crippen LogP contribution in [0.2, 0.25) is 0 Å². The fourth-order valence-corrected chi connectivity index (χ4v) is 4.80. The molecular weight excluding hydrogens is 334 g/mol. The fourth-order valence-electron chi connectivity index (χ4n) is 3.48. The van der Waals surface area contributed by atoms with Gasteiger partial charge in [0, 0.05) is 24.0 Å². The average molecular weight is 354 g/mol. The molecule has 2 fully saturated rings. The van der Waals surface area contributed by atoms with Crippen LogP contribution in [0, 0.1) is 11.8 Å². The Bertz CT molecular complexity index is 510. The third-order valence-corrected chi connectivity index (χ3v) is 6.18. The van der Waals surface area contributed by atoms with Crippen molar-refractivity contribution in [1.29, 1.82) is 0 Å². The van der Waals surface area contributed by atoms with Gasteiger partial charge < -0.3 is 4.90 Å². The molecular formula is C16H20BrNOS. The summed E-state index contributed by atoms with van der Waals surface area (Å²) < 4.78 is 1.10. The zero-order valence-electron chi connectivity index (χ0n) is 11.6. The molecule has 2 aliphatic rings. The first kappa shape index (κ1) is 14.3. The van der Waals surface area contributed by atoms with E-state index in [0.29, 0.717) is 0 Å². The lowest BCUT2D eigenvalue weighted by molar-refractivity contribution is -0.128. The van der Waals surface area contributed by atoms with Crippen molar-refractivity contribution in [2.45, 2.75) is 32.1 Å². The summed E-state index contributed by atoms with van der Waals surface area (Å²) in [5, 5.41) is 0. The van der Waals surface area contributed by atoms with Crippen molar-refractivity contribution in [3.8, 4) is 0 Å². The van der Waals surface area contributed by atoms with Crippen LogP contribution in [-0.4, -0.2) is 23.9 Å². The van der Waals surface area contributed by atoms with E-state index in [4.69, 9.17) is 0 Å². The third-order valence-electron chi connectivity index (χ3n) is 4.59. The van der Waals surface area contributed by atoms with Crippen molar-refractivity contribution < 1.29 is 4.79 Å². The minimum absolute atomic E-state index is 0.179. The van der Waals surface area contributed by atoms with E-state index in [-0.39, 0.29) is 5.91 Å². The Morgan fingerprint density at radius 1 is 1.25 bits per heavy atom. The fraction of sp³-hybridized carbons (Fsp3) is 0.562. The molecule has 4 heteroatoms. The summed E-state index contributed by atoms with van der Waals surface area (Å²) in [6.07, 6.45) is 10.3. The lowest BCUT2D eigenvalue weighted by Gasteiger charge is -2.41. The zero-order valence-corrected chi connectivity index (χ0v) is 14.0. The monoisotopic (exact) mass is 353 g/mol. The average Bonchev–Trinajstić information content (AvgIpc) is 2.90. The number of halogens is 1. The van der Waals surface area contributed by atoms with Crippen molar-refractivity contribution in [2.75, 3.05) is 13.1 Å². The van der Waals surface area contributed by atoms with Crippen LogP contribution in [0.5, 0.6) is 0 Å². The number of thiophene rings is 1. The van der Waals surface area contributed by atoms with Crippen molar-refractivity contribution in [3.63, 3.8) is 0 Å². The Hall–Kier alpha value is -0.610. The summed E-state index contributed by atoms with van der Waals surface area (Å²) >= 11 is 5.10. The van der Waals surface area contributed by atoms with Crippen LogP contribution >= 0.6 is 27.3 Å². The van der Waals surface area contributed by atoms with Crippen LogP contribution in [0.1, 0.15) is 37.0 Å². The Balaban J connectivity index is 1.58. The van der Waals surface area contributed by atoms with Gasteiger partial charge in [0.1, 0.15) is 0 Å². The molecule has 3 rings (SSSR count). The van der Waals surface area contributed by atoms with Gasteiger partial charge in [-0.2, -0.15) is 0 Å². The maximum absolute atomic E-state index is 12.3. The van der Waals surface area contributed by atoms with Gasteiger partial charge in [0.25, 0.3) is 0 Å². The van der Waals surface area contributed by atoms with E-state index < -0.39 is 0 Å². The van der Waals surface area contributed by atoms with E-state index in [1.54, 1.807) is 17.4 Å². The topological polar surface area (TPSA) is 20.3 Å². The maximum atomic E-state index is 12.3. The van der Waals surface area contributed by atoms with E-state index in [1.807, 2.05) is 23.1 Å². The van der Waals surface area contributed by atoms with Gasteiger partial charge in [-0.25, -0.2) is 0 Å². The van der Waals surface area contributed by atoms with Crippen molar-refractivity contribution in [1.82, 2.24) is 4.90 Å². The molecule has 1 aliphatic heterocycles. The van der Waals surface area contributed by atoms with E-state index in [2.05, 4.69) is 15.9 Å². The van der Waals surface area contributed by atoms with Crippen molar-refractivity contribution in [2.24, 2.45) is 11.8 Å². The summed E-state index contributed by atoms with van der Waals surface area (Å²) in [7, 11) is 0. The lowest BCUT2D eigenvalue weighted by atomic mass is 9.75. The minimum atomic E-state index is 0.179. The van der Waals surface area contributed by atoms with Crippen molar-refractivity contribution in [3.05, 3.63) is 26.9 Å². The highest BCUT2D eigenvalue weighted by molar-refractivity contribution is 9.11. The number of rotatable bonds is 2. The quantitative estimate of drug-likeness (QED) is 0.713. The number of hydrogen-bond donors (Lipinski definition) is 0. The Morgan fingerprint density at radius 2 is 2.05 bits per heavy atom. The summed E-state index contributed by atoms with van der Waals surface area (Å²) in [4.78, 5) is 15.5. The van der Waals surface area contributed by atoms with Crippen LogP contribution in [-0.2, 0) is 4.79 Å². The van der Waals surface area contributed by atoms with E-state index >= 15 is 0 Å². The molecule has 108 valence electrons. The normalized spacial score (nSPS) is 26.8. The number of likely N-dealkylation sites (tertiary alicyclic amines) is 1. The first-order chi connectivity index (χ1) is 9.72. The molecule has 2 atom stereocenters. The molecule has 1 aromatic heterocycles. The van der Waals surface area contributed by atoms with Gasteiger partial charge >= 0.3 is 0 Å². The number of nitrogens with zero attached hydrogens (tertiary/aromatic N) is 1. The van der Waals surface area contributed by atoms with Gasteiger partial charge in [0.2, 0.25) is 5.91 Å². The summed E-state index contributed by atoms with van der Waals surface area (Å²) in [5.74, 6) is 1.81. The second-order valence-corrected chi connectivity index (χ2v) is 8.35. The van der Waals surface area contributed by atoms with Gasteiger partial charge in [0.05, 0.1) is 3.79 Å². The van der Waals surface area contributed by atoms with Crippen LogP contribution in [0.25, 0.3) is 6.08 Å². The molecule has 1 saturated heterocycles.